The number of hydrogen-bond donors (Lipinski definition) is 3. The Balaban J connectivity index is 3.07. The van der Waals surface area contributed by atoms with Crippen LogP contribution in [-0.2, 0) is 0 Å². The topological polar surface area (TPSA) is 51.2 Å². The number of hydrogen-bond acceptors (Lipinski definition) is 4. The second-order valence-corrected chi connectivity index (χ2v) is 3.33. The van der Waals surface area contributed by atoms with Gasteiger partial charge in [0.15, 0.2) is 0 Å². The minimum Gasteiger partial charge on any atom is -0.392 e. The molecule has 3 N–H and O–H groups in total. The third kappa shape index (κ3) is 2.53. The molecule has 0 heterocycles. The van der Waals surface area contributed by atoms with E-state index in [0.29, 0.717) is 0 Å². The summed E-state index contributed by atoms with van der Waals surface area (Å²) in [5.41, 5.74) is 2.87. The number of nitrogens with zero attached hydrogens (tertiary/aromatic N) is 1. The van der Waals surface area contributed by atoms with Gasteiger partial charge in [-0.05, 0) is 12.1 Å². The molecular formula is C12H18N4. The Morgan fingerprint density at radius 1 is 1.31 bits per heavy atom. The molecule has 1 rings (SSSR count). The SMILES string of the molecule is CN/C=C(\C=N)N(C)c1ccccc1NC. The van der Waals surface area contributed by atoms with Crippen LogP contribution in [0.5, 0.6) is 0 Å². The molecule has 0 unspecified atom stereocenters. The predicted molar refractivity (Wildman–Crippen MR) is 70.3 cm³/mol. The Morgan fingerprint density at radius 3 is 2.56 bits per heavy atom. The van der Waals surface area contributed by atoms with E-state index in [1.54, 1.807) is 6.20 Å². The van der Waals surface area contributed by atoms with Gasteiger partial charge in [0.2, 0.25) is 0 Å². The first-order valence-electron chi connectivity index (χ1n) is 5.13. The monoisotopic (exact) mass is 218 g/mol. The minimum atomic E-state index is 0.796. The van der Waals surface area contributed by atoms with E-state index in [1.807, 2.05) is 50.3 Å². The van der Waals surface area contributed by atoms with Gasteiger partial charge in [-0.25, -0.2) is 0 Å². The highest BCUT2D eigenvalue weighted by atomic mass is 15.1. The zero-order chi connectivity index (χ0) is 12.0. The Bertz CT molecular complexity index is 384. The van der Waals surface area contributed by atoms with Crippen molar-refractivity contribution in [2.75, 3.05) is 31.4 Å². The average Bonchev–Trinajstić information content (AvgIpc) is 2.35. The maximum Gasteiger partial charge on any atom is 0.0746 e. The molecule has 0 saturated carbocycles. The third-order valence-electron chi connectivity index (χ3n) is 2.36. The molecule has 4 nitrogen and oxygen atoms in total. The highest BCUT2D eigenvalue weighted by Gasteiger charge is 2.08. The van der Waals surface area contributed by atoms with E-state index >= 15 is 0 Å². The van der Waals surface area contributed by atoms with Crippen molar-refractivity contribution in [3.63, 3.8) is 0 Å². The summed E-state index contributed by atoms with van der Waals surface area (Å²) < 4.78 is 0. The number of benzene rings is 1. The molecule has 0 saturated heterocycles. The zero-order valence-electron chi connectivity index (χ0n) is 9.91. The summed E-state index contributed by atoms with van der Waals surface area (Å²) in [6.45, 7) is 0. The zero-order valence-corrected chi connectivity index (χ0v) is 9.91. The van der Waals surface area contributed by atoms with Gasteiger partial charge >= 0.3 is 0 Å². The molecule has 1 aromatic carbocycles. The van der Waals surface area contributed by atoms with Crippen LogP contribution in [0, 0.1) is 5.41 Å². The van der Waals surface area contributed by atoms with E-state index in [4.69, 9.17) is 5.41 Å². The first-order valence-corrected chi connectivity index (χ1v) is 5.13. The fourth-order valence-corrected chi connectivity index (χ4v) is 1.50. The average molecular weight is 218 g/mol. The van der Waals surface area contributed by atoms with Crippen molar-refractivity contribution in [1.82, 2.24) is 5.32 Å². The van der Waals surface area contributed by atoms with Crippen molar-refractivity contribution in [3.05, 3.63) is 36.2 Å². The maximum absolute atomic E-state index is 7.38. The number of anilines is 2. The van der Waals surface area contributed by atoms with Crippen LogP contribution < -0.4 is 15.5 Å². The Morgan fingerprint density at radius 2 is 2.00 bits per heavy atom. The highest BCUT2D eigenvalue weighted by molar-refractivity contribution is 5.85. The first kappa shape index (κ1) is 12.1. The first-order chi connectivity index (χ1) is 7.74. The molecule has 0 aliphatic rings. The number of para-hydroxylation sites is 2. The molecule has 0 aliphatic heterocycles. The lowest BCUT2D eigenvalue weighted by atomic mass is 10.2. The molecule has 0 bridgehead atoms. The van der Waals surface area contributed by atoms with Crippen molar-refractivity contribution >= 4 is 17.6 Å². The summed E-state index contributed by atoms with van der Waals surface area (Å²) in [4.78, 5) is 1.95. The van der Waals surface area contributed by atoms with Crippen LogP contribution in [-0.4, -0.2) is 27.4 Å². The van der Waals surface area contributed by atoms with Gasteiger partial charge in [-0.3, -0.25) is 0 Å². The van der Waals surface area contributed by atoms with Gasteiger partial charge in [0.05, 0.1) is 17.1 Å². The van der Waals surface area contributed by atoms with E-state index in [9.17, 15) is 0 Å². The normalized spacial score (nSPS) is 10.8. The van der Waals surface area contributed by atoms with Crippen LogP contribution in [0.4, 0.5) is 11.4 Å². The molecule has 0 fully saturated rings. The van der Waals surface area contributed by atoms with Crippen molar-refractivity contribution in [2.24, 2.45) is 0 Å². The predicted octanol–water partition coefficient (Wildman–Crippen LogP) is 1.87. The smallest absolute Gasteiger partial charge is 0.0746 e. The fourth-order valence-electron chi connectivity index (χ4n) is 1.50. The van der Waals surface area contributed by atoms with E-state index in [-0.39, 0.29) is 0 Å². The molecule has 0 atom stereocenters. The summed E-state index contributed by atoms with van der Waals surface area (Å²) in [5.74, 6) is 0. The number of nitrogens with one attached hydrogen (secondary N) is 3. The van der Waals surface area contributed by atoms with Crippen LogP contribution in [0.1, 0.15) is 0 Å². The Labute approximate surface area is 96.5 Å². The quantitative estimate of drug-likeness (QED) is 0.661. The molecule has 0 spiro atoms. The van der Waals surface area contributed by atoms with Gasteiger partial charge in [0.1, 0.15) is 0 Å². The molecule has 0 amide bonds. The van der Waals surface area contributed by atoms with Crippen molar-refractivity contribution in [2.45, 2.75) is 0 Å². The summed E-state index contributed by atoms with van der Waals surface area (Å²) in [6.07, 6.45) is 3.11. The van der Waals surface area contributed by atoms with E-state index in [1.165, 1.54) is 6.21 Å². The minimum absolute atomic E-state index is 0.796. The second kappa shape index (κ2) is 5.80. The van der Waals surface area contributed by atoms with Gasteiger partial charge in [-0.1, -0.05) is 12.1 Å². The van der Waals surface area contributed by atoms with Crippen molar-refractivity contribution in [1.29, 1.82) is 5.41 Å². The van der Waals surface area contributed by atoms with Crippen LogP contribution in [0.2, 0.25) is 0 Å². The number of rotatable bonds is 5. The van der Waals surface area contributed by atoms with Gasteiger partial charge in [-0.15, -0.1) is 0 Å². The Hall–Kier alpha value is -1.97. The fraction of sp³-hybridized carbons (Fsp3) is 0.250. The molecule has 16 heavy (non-hydrogen) atoms. The van der Waals surface area contributed by atoms with Crippen molar-refractivity contribution < 1.29 is 0 Å². The lowest BCUT2D eigenvalue weighted by molar-refractivity contribution is 1.05. The van der Waals surface area contributed by atoms with Crippen LogP contribution in [0.3, 0.4) is 0 Å². The lowest BCUT2D eigenvalue weighted by Gasteiger charge is -2.22. The Kier molecular flexibility index (Phi) is 4.39. The van der Waals surface area contributed by atoms with E-state index in [0.717, 1.165) is 17.1 Å². The summed E-state index contributed by atoms with van der Waals surface area (Å²) >= 11 is 0. The van der Waals surface area contributed by atoms with Gasteiger partial charge in [0.25, 0.3) is 0 Å². The standard InChI is InChI=1S/C12H18N4/c1-14-9-10(8-13)16(3)12-7-5-4-6-11(12)15-2/h4-9,13-15H,1-3H3/b10-9+,13-8?. The van der Waals surface area contributed by atoms with Crippen LogP contribution in [0.25, 0.3) is 0 Å². The second-order valence-electron chi connectivity index (χ2n) is 3.33. The summed E-state index contributed by atoms with van der Waals surface area (Å²) in [6, 6.07) is 7.98. The van der Waals surface area contributed by atoms with E-state index in [2.05, 4.69) is 10.6 Å². The largest absolute Gasteiger partial charge is 0.392 e. The molecule has 0 radical (unpaired) electrons. The maximum atomic E-state index is 7.38. The molecule has 1 aromatic rings. The summed E-state index contributed by atoms with van der Waals surface area (Å²) in [5, 5.41) is 13.4. The van der Waals surface area contributed by atoms with Crippen molar-refractivity contribution in [3.8, 4) is 0 Å². The van der Waals surface area contributed by atoms with Gasteiger partial charge in [0, 0.05) is 33.6 Å². The molecular weight excluding hydrogens is 200 g/mol. The van der Waals surface area contributed by atoms with Gasteiger partial charge < -0.3 is 20.9 Å². The summed E-state index contributed by atoms with van der Waals surface area (Å²) in [7, 11) is 5.64. The lowest BCUT2D eigenvalue weighted by Crippen LogP contribution is -2.20. The molecule has 4 heteroatoms. The molecule has 0 aliphatic carbocycles. The molecule has 86 valence electrons. The number of allylic oxidation sites excluding steroid dienone is 1. The molecule has 0 aromatic heterocycles. The van der Waals surface area contributed by atoms with Crippen LogP contribution >= 0.6 is 0 Å². The third-order valence-corrected chi connectivity index (χ3v) is 2.36. The van der Waals surface area contributed by atoms with E-state index < -0.39 is 0 Å². The highest BCUT2D eigenvalue weighted by Crippen LogP contribution is 2.25. The van der Waals surface area contributed by atoms with Gasteiger partial charge in [-0.2, -0.15) is 0 Å². The van der Waals surface area contributed by atoms with Crippen LogP contribution in [0.15, 0.2) is 36.2 Å².